The molecule has 0 saturated heterocycles. The number of rotatable bonds is 2. The summed E-state index contributed by atoms with van der Waals surface area (Å²) in [6.07, 6.45) is 8.56. The van der Waals surface area contributed by atoms with Gasteiger partial charge in [0.15, 0.2) is 0 Å². The Kier molecular flexibility index (Phi) is 2.80. The van der Waals surface area contributed by atoms with Crippen molar-refractivity contribution < 1.29 is 4.74 Å². The number of hydrogen-bond donors (Lipinski definition) is 0. The standard InChI is InChI=1S/C13H14O/c1-14-13-10-6-5-9-12(13)11-7-3-2-4-8-11/h2-10,12-13H,1H3. The quantitative estimate of drug-likeness (QED) is 0.690. The first-order chi connectivity index (χ1) is 6.92. The highest BCUT2D eigenvalue weighted by molar-refractivity contribution is 5.31. The number of ether oxygens (including phenoxy) is 1. The van der Waals surface area contributed by atoms with Gasteiger partial charge in [-0.3, -0.25) is 0 Å². The van der Waals surface area contributed by atoms with Gasteiger partial charge in [0.25, 0.3) is 0 Å². The topological polar surface area (TPSA) is 9.23 Å². The van der Waals surface area contributed by atoms with Crippen molar-refractivity contribution in [1.29, 1.82) is 0 Å². The van der Waals surface area contributed by atoms with E-state index in [9.17, 15) is 0 Å². The van der Waals surface area contributed by atoms with Crippen LogP contribution < -0.4 is 0 Å². The second-order valence-corrected chi connectivity index (χ2v) is 3.41. The van der Waals surface area contributed by atoms with Crippen molar-refractivity contribution in [1.82, 2.24) is 0 Å². The van der Waals surface area contributed by atoms with Crippen molar-refractivity contribution in [2.45, 2.75) is 12.0 Å². The molecule has 0 heterocycles. The Morgan fingerprint density at radius 1 is 1.00 bits per heavy atom. The van der Waals surface area contributed by atoms with Gasteiger partial charge in [0.2, 0.25) is 0 Å². The zero-order valence-corrected chi connectivity index (χ0v) is 8.26. The maximum atomic E-state index is 5.42. The molecule has 0 spiro atoms. The lowest BCUT2D eigenvalue weighted by Gasteiger charge is -2.22. The van der Waals surface area contributed by atoms with Gasteiger partial charge < -0.3 is 4.74 Å². The van der Waals surface area contributed by atoms with E-state index < -0.39 is 0 Å². The summed E-state index contributed by atoms with van der Waals surface area (Å²) in [4.78, 5) is 0. The summed E-state index contributed by atoms with van der Waals surface area (Å²) in [6, 6.07) is 10.4. The third-order valence-electron chi connectivity index (χ3n) is 2.54. The van der Waals surface area contributed by atoms with Gasteiger partial charge in [-0.25, -0.2) is 0 Å². The molecule has 14 heavy (non-hydrogen) atoms. The summed E-state index contributed by atoms with van der Waals surface area (Å²) in [5.41, 5.74) is 1.31. The van der Waals surface area contributed by atoms with Gasteiger partial charge in [-0.15, -0.1) is 0 Å². The van der Waals surface area contributed by atoms with Crippen molar-refractivity contribution in [2.75, 3.05) is 7.11 Å². The van der Waals surface area contributed by atoms with E-state index in [2.05, 4.69) is 42.5 Å². The highest BCUT2D eigenvalue weighted by Gasteiger charge is 2.19. The zero-order valence-electron chi connectivity index (χ0n) is 8.26. The molecule has 2 atom stereocenters. The van der Waals surface area contributed by atoms with Gasteiger partial charge in [-0.05, 0) is 5.56 Å². The highest BCUT2D eigenvalue weighted by atomic mass is 16.5. The summed E-state index contributed by atoms with van der Waals surface area (Å²) in [6.45, 7) is 0. The Morgan fingerprint density at radius 3 is 2.43 bits per heavy atom. The molecule has 1 heteroatoms. The molecule has 1 aliphatic rings. The van der Waals surface area contributed by atoms with Crippen LogP contribution in [0.2, 0.25) is 0 Å². The van der Waals surface area contributed by atoms with Crippen LogP contribution in [0.5, 0.6) is 0 Å². The van der Waals surface area contributed by atoms with E-state index in [-0.39, 0.29) is 6.10 Å². The molecule has 1 aliphatic carbocycles. The summed E-state index contributed by atoms with van der Waals surface area (Å²) < 4.78 is 5.42. The van der Waals surface area contributed by atoms with E-state index in [0.717, 1.165) is 0 Å². The molecule has 0 bridgehead atoms. The minimum Gasteiger partial charge on any atom is -0.376 e. The fraction of sp³-hybridized carbons (Fsp3) is 0.231. The first-order valence-electron chi connectivity index (χ1n) is 4.84. The Labute approximate surface area is 84.7 Å². The molecule has 0 saturated carbocycles. The molecule has 0 N–H and O–H groups in total. The maximum Gasteiger partial charge on any atom is 0.0858 e. The first-order valence-corrected chi connectivity index (χ1v) is 4.84. The molecule has 1 aromatic rings. The smallest absolute Gasteiger partial charge is 0.0858 e. The number of allylic oxidation sites excluding steroid dienone is 2. The van der Waals surface area contributed by atoms with Crippen LogP contribution in [0.3, 0.4) is 0 Å². The lowest BCUT2D eigenvalue weighted by atomic mass is 9.90. The Hall–Kier alpha value is -1.34. The molecule has 2 rings (SSSR count). The van der Waals surface area contributed by atoms with Crippen LogP contribution in [0.4, 0.5) is 0 Å². The molecule has 0 fully saturated rings. The van der Waals surface area contributed by atoms with Crippen LogP contribution in [-0.2, 0) is 4.74 Å². The normalized spacial score (nSPS) is 25.2. The second kappa shape index (κ2) is 4.25. The fourth-order valence-electron chi connectivity index (χ4n) is 1.79. The van der Waals surface area contributed by atoms with E-state index in [0.29, 0.717) is 5.92 Å². The van der Waals surface area contributed by atoms with Gasteiger partial charge in [0.05, 0.1) is 6.10 Å². The molecule has 1 nitrogen and oxygen atoms in total. The predicted octanol–water partition coefficient (Wildman–Crippen LogP) is 2.91. The van der Waals surface area contributed by atoms with Crippen molar-refractivity contribution in [3.63, 3.8) is 0 Å². The molecule has 1 aromatic carbocycles. The van der Waals surface area contributed by atoms with Crippen LogP contribution >= 0.6 is 0 Å². The Bertz CT molecular complexity index is 338. The van der Waals surface area contributed by atoms with Crippen molar-refractivity contribution in [2.24, 2.45) is 0 Å². The molecular formula is C13H14O. The van der Waals surface area contributed by atoms with Crippen molar-refractivity contribution >= 4 is 0 Å². The van der Waals surface area contributed by atoms with Crippen LogP contribution in [0, 0.1) is 0 Å². The molecule has 2 unspecified atom stereocenters. The van der Waals surface area contributed by atoms with Crippen LogP contribution in [0.25, 0.3) is 0 Å². The van der Waals surface area contributed by atoms with Crippen LogP contribution in [0.15, 0.2) is 54.6 Å². The third kappa shape index (κ3) is 1.78. The fourth-order valence-corrected chi connectivity index (χ4v) is 1.79. The van der Waals surface area contributed by atoms with Gasteiger partial charge in [0, 0.05) is 13.0 Å². The number of hydrogen-bond acceptors (Lipinski definition) is 1. The third-order valence-corrected chi connectivity index (χ3v) is 2.54. The van der Waals surface area contributed by atoms with Crippen LogP contribution in [0.1, 0.15) is 11.5 Å². The van der Waals surface area contributed by atoms with Gasteiger partial charge in [-0.1, -0.05) is 54.6 Å². The molecule has 0 aromatic heterocycles. The predicted molar refractivity (Wildman–Crippen MR) is 58.3 cm³/mol. The van der Waals surface area contributed by atoms with E-state index in [4.69, 9.17) is 4.74 Å². The Balaban J connectivity index is 2.25. The minimum atomic E-state index is 0.169. The van der Waals surface area contributed by atoms with Crippen molar-refractivity contribution in [3.8, 4) is 0 Å². The van der Waals surface area contributed by atoms with Crippen molar-refractivity contribution in [3.05, 3.63) is 60.2 Å². The van der Waals surface area contributed by atoms with E-state index >= 15 is 0 Å². The number of methoxy groups -OCH3 is 1. The molecule has 0 aliphatic heterocycles. The molecule has 0 radical (unpaired) electrons. The summed E-state index contributed by atoms with van der Waals surface area (Å²) in [5, 5.41) is 0. The second-order valence-electron chi connectivity index (χ2n) is 3.41. The van der Waals surface area contributed by atoms with Crippen LogP contribution in [-0.4, -0.2) is 13.2 Å². The van der Waals surface area contributed by atoms with E-state index in [1.54, 1.807) is 7.11 Å². The number of benzene rings is 1. The van der Waals surface area contributed by atoms with Gasteiger partial charge in [0.1, 0.15) is 0 Å². The van der Waals surface area contributed by atoms with E-state index in [1.807, 2.05) is 12.1 Å². The van der Waals surface area contributed by atoms with E-state index in [1.165, 1.54) is 5.56 Å². The molecule has 0 amide bonds. The summed E-state index contributed by atoms with van der Waals surface area (Å²) >= 11 is 0. The maximum absolute atomic E-state index is 5.42. The SMILES string of the molecule is COC1C=CC=CC1c1ccccc1. The highest BCUT2D eigenvalue weighted by Crippen LogP contribution is 2.26. The van der Waals surface area contributed by atoms with Gasteiger partial charge in [-0.2, -0.15) is 0 Å². The lowest BCUT2D eigenvalue weighted by molar-refractivity contribution is 0.128. The first kappa shape index (κ1) is 9.22. The Morgan fingerprint density at radius 2 is 1.71 bits per heavy atom. The average molecular weight is 186 g/mol. The molecular weight excluding hydrogens is 172 g/mol. The average Bonchev–Trinajstić information content (AvgIpc) is 2.30. The largest absolute Gasteiger partial charge is 0.376 e. The minimum absolute atomic E-state index is 0.169. The lowest BCUT2D eigenvalue weighted by Crippen LogP contribution is -2.18. The molecule has 72 valence electrons. The zero-order chi connectivity index (χ0) is 9.80. The summed E-state index contributed by atoms with van der Waals surface area (Å²) in [7, 11) is 1.75. The monoisotopic (exact) mass is 186 g/mol. The van der Waals surface area contributed by atoms with Gasteiger partial charge >= 0.3 is 0 Å². The summed E-state index contributed by atoms with van der Waals surface area (Å²) in [5.74, 6) is 0.353.